The summed E-state index contributed by atoms with van der Waals surface area (Å²) in [5, 5.41) is 8.02. The largest absolute Gasteiger partial charge is 0.444 e. The average molecular weight is 430 g/mol. The Morgan fingerprint density at radius 2 is 1.87 bits per heavy atom. The summed E-state index contributed by atoms with van der Waals surface area (Å²) < 4.78 is 6.15. The highest BCUT2D eigenvalue weighted by atomic mass is 16.6. The van der Waals surface area contributed by atoms with Gasteiger partial charge in [-0.05, 0) is 45.7 Å². The second kappa shape index (κ2) is 8.75. The van der Waals surface area contributed by atoms with E-state index in [-0.39, 0.29) is 23.1 Å². The molecule has 1 saturated heterocycles. The van der Waals surface area contributed by atoms with E-state index in [0.29, 0.717) is 13.0 Å². The molecule has 2 heterocycles. The van der Waals surface area contributed by atoms with Crippen molar-refractivity contribution >= 4 is 28.6 Å². The van der Waals surface area contributed by atoms with Gasteiger partial charge in [0, 0.05) is 12.5 Å². The Bertz CT molecular complexity index is 1130. The van der Waals surface area contributed by atoms with Crippen LogP contribution in [0.2, 0.25) is 0 Å². The molecule has 0 saturated carbocycles. The smallest absolute Gasteiger partial charge is 0.408 e. The minimum Gasteiger partial charge on any atom is -0.444 e. The molecule has 1 aromatic heterocycles. The van der Waals surface area contributed by atoms with Crippen molar-refractivity contribution < 1.29 is 19.1 Å². The Morgan fingerprint density at radius 3 is 2.48 bits per heavy atom. The minimum atomic E-state index is -1.06. The second-order valence-electron chi connectivity index (χ2n) is 8.56. The van der Waals surface area contributed by atoms with E-state index < -0.39 is 47.1 Å². The maximum absolute atomic E-state index is 13.0. The number of benzene rings is 1. The molecule has 3 rings (SSSR count). The van der Waals surface area contributed by atoms with Gasteiger partial charge in [0.1, 0.15) is 12.1 Å². The zero-order valence-corrected chi connectivity index (χ0v) is 17.7. The van der Waals surface area contributed by atoms with E-state index in [1.54, 1.807) is 32.9 Å². The number of alkyl carbamates (subject to hydrolysis) is 1. The first-order valence-electron chi connectivity index (χ1n) is 10.1. The maximum Gasteiger partial charge on any atom is 0.408 e. The van der Waals surface area contributed by atoms with Crippen LogP contribution in [0.15, 0.2) is 33.9 Å². The molecule has 2 amide bonds. The first kappa shape index (κ1) is 22.3. The summed E-state index contributed by atoms with van der Waals surface area (Å²) in [4.78, 5) is 62.3. The van der Waals surface area contributed by atoms with E-state index >= 15 is 0 Å². The molecule has 1 aliphatic rings. The lowest BCUT2D eigenvalue weighted by Gasteiger charge is -2.24. The molecule has 2 aromatic rings. The summed E-state index contributed by atoms with van der Waals surface area (Å²) in [5.41, 5.74) is -1.81. The summed E-state index contributed by atoms with van der Waals surface area (Å²) in [6.07, 6.45) is -0.203. The monoisotopic (exact) mass is 430 g/mol. The van der Waals surface area contributed by atoms with Crippen molar-refractivity contribution in [3.63, 3.8) is 0 Å². The van der Waals surface area contributed by atoms with E-state index in [0.717, 1.165) is 4.68 Å². The van der Waals surface area contributed by atoms with E-state index in [9.17, 15) is 24.0 Å². The van der Waals surface area contributed by atoms with E-state index in [2.05, 4.69) is 15.7 Å². The number of nitrogens with zero attached hydrogens (tertiary/aromatic N) is 1. The zero-order chi connectivity index (χ0) is 22.8. The minimum absolute atomic E-state index is 0.0659. The van der Waals surface area contributed by atoms with Crippen molar-refractivity contribution in [2.24, 2.45) is 5.92 Å². The van der Waals surface area contributed by atoms with Crippen molar-refractivity contribution in [2.45, 2.75) is 51.8 Å². The standard InChI is InChI=1S/C21H26N4O6/c1-21(2,3)31-20(30)23-15(10-12-8-9-22-17(12)27)16(26)11-25-19(29)14-7-5-4-6-13(14)18(28)24-25/h4-7,12,15H,8-11H2,1-3H3,(H,22,27)(H,23,30)(H,24,28)/t12-,15-/m0/s1. The van der Waals surface area contributed by atoms with Crippen LogP contribution in [0.4, 0.5) is 4.79 Å². The van der Waals surface area contributed by atoms with Crippen LogP contribution in [0.1, 0.15) is 33.6 Å². The number of H-pyrrole nitrogens is 1. The molecule has 1 fully saturated rings. The second-order valence-corrected chi connectivity index (χ2v) is 8.56. The lowest BCUT2D eigenvalue weighted by Crippen LogP contribution is -2.47. The van der Waals surface area contributed by atoms with Crippen LogP contribution < -0.4 is 21.8 Å². The van der Waals surface area contributed by atoms with Crippen molar-refractivity contribution in [1.82, 2.24) is 20.4 Å². The van der Waals surface area contributed by atoms with Gasteiger partial charge in [0.15, 0.2) is 5.78 Å². The highest BCUT2D eigenvalue weighted by Crippen LogP contribution is 2.18. The number of carbonyl (C=O) groups is 3. The van der Waals surface area contributed by atoms with Gasteiger partial charge in [-0.25, -0.2) is 9.48 Å². The highest BCUT2D eigenvalue weighted by Gasteiger charge is 2.32. The number of ketones is 1. The number of carbonyl (C=O) groups excluding carboxylic acids is 3. The zero-order valence-electron chi connectivity index (χ0n) is 17.7. The van der Waals surface area contributed by atoms with Crippen LogP contribution in [-0.4, -0.2) is 45.8 Å². The first-order chi connectivity index (χ1) is 14.5. The molecule has 0 radical (unpaired) electrons. The lowest BCUT2D eigenvalue weighted by atomic mass is 9.96. The van der Waals surface area contributed by atoms with Gasteiger partial charge in [-0.1, -0.05) is 12.1 Å². The molecular formula is C21H26N4O6. The fourth-order valence-electron chi connectivity index (χ4n) is 3.50. The number of nitrogens with one attached hydrogen (secondary N) is 3. The summed E-state index contributed by atoms with van der Waals surface area (Å²) in [5.74, 6) is -1.17. The van der Waals surface area contributed by atoms with Crippen molar-refractivity contribution in [1.29, 1.82) is 0 Å². The number of fused-ring (bicyclic) bond motifs is 1. The third kappa shape index (κ3) is 5.39. The summed E-state index contributed by atoms with van der Waals surface area (Å²) in [7, 11) is 0. The summed E-state index contributed by atoms with van der Waals surface area (Å²) >= 11 is 0. The van der Waals surface area contributed by atoms with Crippen LogP contribution in [0.5, 0.6) is 0 Å². The van der Waals surface area contributed by atoms with Crippen LogP contribution in [0, 0.1) is 5.92 Å². The molecule has 1 aromatic carbocycles. The van der Waals surface area contributed by atoms with Gasteiger partial charge in [0.2, 0.25) is 5.91 Å². The van der Waals surface area contributed by atoms with Gasteiger partial charge < -0.3 is 15.4 Å². The number of aromatic nitrogens is 2. The third-order valence-electron chi connectivity index (χ3n) is 4.96. The normalized spacial score (nSPS) is 17.3. The number of Topliss-reactive ketones (excluding diaryl/α,β-unsaturated/α-hetero) is 1. The van der Waals surface area contributed by atoms with Crippen molar-refractivity contribution in [2.75, 3.05) is 6.54 Å². The van der Waals surface area contributed by atoms with Crippen LogP contribution in [0.25, 0.3) is 10.8 Å². The predicted molar refractivity (Wildman–Crippen MR) is 113 cm³/mol. The third-order valence-corrected chi connectivity index (χ3v) is 4.96. The molecule has 0 bridgehead atoms. The topological polar surface area (TPSA) is 139 Å². The molecule has 3 N–H and O–H groups in total. The molecular weight excluding hydrogens is 404 g/mol. The van der Waals surface area contributed by atoms with E-state index in [4.69, 9.17) is 4.74 Å². The summed E-state index contributed by atoms with van der Waals surface area (Å²) in [6, 6.07) is 5.23. The van der Waals surface area contributed by atoms with Crippen molar-refractivity contribution in [3.8, 4) is 0 Å². The van der Waals surface area contributed by atoms with Crippen LogP contribution in [0.3, 0.4) is 0 Å². The van der Waals surface area contributed by atoms with Gasteiger partial charge in [-0.15, -0.1) is 0 Å². The molecule has 31 heavy (non-hydrogen) atoms. The molecule has 0 aliphatic carbocycles. The Balaban J connectivity index is 1.85. The number of hydrogen-bond donors (Lipinski definition) is 3. The lowest BCUT2D eigenvalue weighted by molar-refractivity contribution is -0.124. The molecule has 0 spiro atoms. The van der Waals surface area contributed by atoms with Gasteiger partial charge in [-0.2, -0.15) is 0 Å². The molecule has 0 unspecified atom stereocenters. The molecule has 166 valence electrons. The number of hydrogen-bond acceptors (Lipinski definition) is 6. The quantitative estimate of drug-likeness (QED) is 0.616. The Kier molecular flexibility index (Phi) is 6.28. The Labute approximate surface area is 177 Å². The van der Waals surface area contributed by atoms with E-state index in [1.807, 2.05) is 0 Å². The summed E-state index contributed by atoms with van der Waals surface area (Å²) in [6.45, 7) is 5.09. The highest BCUT2D eigenvalue weighted by molar-refractivity contribution is 5.89. The molecule has 10 heteroatoms. The predicted octanol–water partition coefficient (Wildman–Crippen LogP) is 0.678. The fraction of sp³-hybridized carbons (Fsp3) is 0.476. The average Bonchev–Trinajstić information content (AvgIpc) is 3.08. The molecule has 1 aliphatic heterocycles. The maximum atomic E-state index is 13.0. The number of rotatable bonds is 6. The molecule has 2 atom stereocenters. The van der Waals surface area contributed by atoms with Gasteiger partial charge in [0.05, 0.1) is 16.8 Å². The number of aromatic amines is 1. The first-order valence-corrected chi connectivity index (χ1v) is 10.1. The van der Waals surface area contributed by atoms with Crippen LogP contribution in [-0.2, 0) is 20.9 Å². The van der Waals surface area contributed by atoms with Gasteiger partial charge >= 0.3 is 6.09 Å². The number of amides is 2. The van der Waals surface area contributed by atoms with Crippen LogP contribution >= 0.6 is 0 Å². The number of ether oxygens (including phenoxy) is 1. The van der Waals surface area contributed by atoms with E-state index in [1.165, 1.54) is 12.1 Å². The van der Waals surface area contributed by atoms with Gasteiger partial charge in [-0.3, -0.25) is 24.3 Å². The van der Waals surface area contributed by atoms with Crippen molar-refractivity contribution in [3.05, 3.63) is 45.0 Å². The Hall–Kier alpha value is -3.43. The fourth-order valence-corrected chi connectivity index (χ4v) is 3.50. The SMILES string of the molecule is CC(C)(C)OC(=O)N[C@@H](C[C@@H]1CCNC1=O)C(=O)Cn1[nH]c(=O)c2ccccc2c1=O. The molecule has 10 nitrogen and oxygen atoms in total. The van der Waals surface area contributed by atoms with Gasteiger partial charge in [0.25, 0.3) is 11.1 Å². The Morgan fingerprint density at radius 1 is 1.19 bits per heavy atom.